The quantitative estimate of drug-likeness (QED) is 0.341. The van der Waals surface area contributed by atoms with E-state index < -0.39 is 29.4 Å². The van der Waals surface area contributed by atoms with Crippen LogP contribution in [0.2, 0.25) is 0 Å². The summed E-state index contributed by atoms with van der Waals surface area (Å²) in [6.07, 6.45) is -4.22. The van der Waals surface area contributed by atoms with Gasteiger partial charge in [-0.1, -0.05) is 6.42 Å². The number of aryl methyl sites for hydroxylation is 2. The summed E-state index contributed by atoms with van der Waals surface area (Å²) in [6, 6.07) is 1.64. The lowest BCUT2D eigenvalue weighted by atomic mass is 10.00. The number of hydrogen-bond donors (Lipinski definition) is 1. The molecule has 2 rings (SSSR count). The zero-order chi connectivity index (χ0) is 23.8. The van der Waals surface area contributed by atoms with Gasteiger partial charge in [-0.15, -0.1) is 0 Å². The van der Waals surface area contributed by atoms with Crippen molar-refractivity contribution < 1.29 is 41.0 Å². The van der Waals surface area contributed by atoms with Crippen LogP contribution in [-0.4, -0.2) is 27.7 Å². The van der Waals surface area contributed by atoms with Crippen LogP contribution >= 0.6 is 0 Å². The number of ether oxygens (including phenoxy) is 1. The van der Waals surface area contributed by atoms with Crippen molar-refractivity contribution in [3.05, 3.63) is 53.1 Å². The lowest BCUT2D eigenvalue weighted by Crippen LogP contribution is -2.11. The number of aliphatic carboxylic acids is 1. The zero-order valence-corrected chi connectivity index (χ0v) is 17.0. The summed E-state index contributed by atoms with van der Waals surface area (Å²) in [6.45, 7) is 0.223. The molecule has 0 unspecified atom stereocenters. The van der Waals surface area contributed by atoms with Crippen LogP contribution in [0.25, 0.3) is 0 Å². The second-order valence-corrected chi connectivity index (χ2v) is 7.16. The van der Waals surface area contributed by atoms with Gasteiger partial charge in [0.1, 0.15) is 5.82 Å². The number of nitrogens with zero attached hydrogens (tertiary/aromatic N) is 2. The largest absolute Gasteiger partial charge is 0.490 e. The minimum Gasteiger partial charge on any atom is -0.490 e. The van der Waals surface area contributed by atoms with Crippen LogP contribution in [0, 0.1) is 0 Å². The first-order valence-corrected chi connectivity index (χ1v) is 9.89. The average molecular weight is 464 g/mol. The molecule has 5 nitrogen and oxygen atoms in total. The summed E-state index contributed by atoms with van der Waals surface area (Å²) in [7, 11) is 0. The van der Waals surface area contributed by atoms with E-state index >= 15 is 0 Å². The topological polar surface area (TPSA) is 72.3 Å². The van der Waals surface area contributed by atoms with Gasteiger partial charge in [-0.25, -0.2) is 9.97 Å². The molecule has 0 spiro atoms. The summed E-state index contributed by atoms with van der Waals surface area (Å²) in [5, 5.41) is 8.55. The molecule has 176 valence electrons. The molecule has 32 heavy (non-hydrogen) atoms. The molecule has 1 heterocycles. The maximum Gasteiger partial charge on any atom is 0.416 e. The first kappa shape index (κ1) is 25.4. The molecule has 0 bridgehead atoms. The molecule has 0 radical (unpaired) electrons. The lowest BCUT2D eigenvalue weighted by molar-refractivity contribution is -0.143. The van der Waals surface area contributed by atoms with Crippen LogP contribution in [0.3, 0.4) is 0 Å². The van der Waals surface area contributed by atoms with Gasteiger partial charge in [0.2, 0.25) is 0 Å². The van der Waals surface area contributed by atoms with Crippen molar-refractivity contribution in [2.45, 2.75) is 57.3 Å². The van der Waals surface area contributed by atoms with E-state index in [2.05, 4.69) is 9.97 Å². The number of alkyl halides is 6. The third-order valence-electron chi connectivity index (χ3n) is 4.50. The second kappa shape index (κ2) is 11.1. The van der Waals surface area contributed by atoms with Gasteiger partial charge in [0, 0.05) is 12.8 Å². The molecule has 0 fully saturated rings. The second-order valence-electron chi connectivity index (χ2n) is 7.16. The fourth-order valence-corrected chi connectivity index (χ4v) is 2.91. The van der Waals surface area contributed by atoms with E-state index in [4.69, 9.17) is 9.84 Å². The normalized spacial score (nSPS) is 12.1. The number of hydrogen-bond acceptors (Lipinski definition) is 4. The van der Waals surface area contributed by atoms with Gasteiger partial charge in [-0.2, -0.15) is 26.3 Å². The molecule has 0 aliphatic heterocycles. The number of aromatic nitrogens is 2. The Hall–Kier alpha value is -2.85. The molecule has 0 aliphatic rings. The smallest absolute Gasteiger partial charge is 0.416 e. The predicted octanol–water partition coefficient (Wildman–Crippen LogP) is 5.71. The Labute approximate surface area is 180 Å². The minimum atomic E-state index is -4.85. The van der Waals surface area contributed by atoms with E-state index in [1.54, 1.807) is 0 Å². The number of carboxylic acids is 1. The van der Waals surface area contributed by atoms with Gasteiger partial charge < -0.3 is 9.84 Å². The van der Waals surface area contributed by atoms with Gasteiger partial charge in [0.25, 0.3) is 0 Å². The molecule has 11 heteroatoms. The number of unbranched alkanes of at least 4 members (excludes halogenated alkanes) is 2. The highest BCUT2D eigenvalue weighted by Crippen LogP contribution is 2.36. The summed E-state index contributed by atoms with van der Waals surface area (Å²) in [5.74, 6) is 0.0273. The third kappa shape index (κ3) is 8.72. The Kier molecular flexibility index (Phi) is 8.85. The van der Waals surface area contributed by atoms with Crippen LogP contribution in [0.15, 0.2) is 30.6 Å². The molecule has 2 aromatic rings. The highest BCUT2D eigenvalue weighted by atomic mass is 19.4. The molecule has 0 saturated carbocycles. The first-order chi connectivity index (χ1) is 14.9. The molecule has 0 amide bonds. The Bertz CT molecular complexity index is 850. The van der Waals surface area contributed by atoms with Crippen LogP contribution in [0.4, 0.5) is 26.3 Å². The fraction of sp³-hybridized carbons (Fsp3) is 0.476. The van der Waals surface area contributed by atoms with E-state index in [0.29, 0.717) is 43.7 Å². The predicted molar refractivity (Wildman–Crippen MR) is 102 cm³/mol. The average Bonchev–Trinajstić information content (AvgIpc) is 2.70. The molecule has 1 N–H and O–H groups in total. The number of carboxylic acid groups (broad SMARTS) is 1. The van der Waals surface area contributed by atoms with E-state index in [1.165, 1.54) is 12.4 Å². The Morgan fingerprint density at radius 3 is 1.94 bits per heavy atom. The van der Waals surface area contributed by atoms with E-state index in [-0.39, 0.29) is 31.1 Å². The summed E-state index contributed by atoms with van der Waals surface area (Å²) >= 11 is 0. The first-order valence-electron chi connectivity index (χ1n) is 9.89. The summed E-state index contributed by atoms with van der Waals surface area (Å²) < 4.78 is 82.7. The lowest BCUT2D eigenvalue weighted by Gasteiger charge is -2.14. The maximum absolute atomic E-state index is 12.9. The van der Waals surface area contributed by atoms with Gasteiger partial charge in [-0.3, -0.25) is 4.79 Å². The highest BCUT2D eigenvalue weighted by molar-refractivity contribution is 5.66. The molecule has 1 aromatic heterocycles. The highest BCUT2D eigenvalue weighted by Gasteiger charge is 2.36. The van der Waals surface area contributed by atoms with E-state index in [0.717, 1.165) is 12.1 Å². The van der Waals surface area contributed by atoms with E-state index in [1.807, 2.05) is 0 Å². The third-order valence-corrected chi connectivity index (χ3v) is 4.50. The SMILES string of the molecule is O=C(O)CCCOc1cnc(CCCCCc2cc(C(F)(F)F)cc(C(F)(F)F)c2)nc1. The van der Waals surface area contributed by atoms with Gasteiger partial charge in [0.15, 0.2) is 5.75 Å². The molecule has 0 atom stereocenters. The number of benzene rings is 1. The Morgan fingerprint density at radius 1 is 0.844 bits per heavy atom. The summed E-state index contributed by atoms with van der Waals surface area (Å²) in [5.41, 5.74) is -2.62. The van der Waals surface area contributed by atoms with Crippen molar-refractivity contribution in [3.63, 3.8) is 0 Å². The van der Waals surface area contributed by atoms with Crippen molar-refractivity contribution >= 4 is 5.97 Å². The van der Waals surface area contributed by atoms with Gasteiger partial charge in [-0.05, 0) is 49.4 Å². The number of rotatable bonds is 11. The van der Waals surface area contributed by atoms with Crippen molar-refractivity contribution in [2.75, 3.05) is 6.61 Å². The molecular weight excluding hydrogens is 442 g/mol. The minimum absolute atomic E-state index is 0.00302. The zero-order valence-electron chi connectivity index (χ0n) is 17.0. The van der Waals surface area contributed by atoms with Crippen LogP contribution < -0.4 is 4.74 Å². The molecule has 0 aliphatic carbocycles. The van der Waals surface area contributed by atoms with Crippen LogP contribution in [-0.2, 0) is 30.0 Å². The maximum atomic E-state index is 12.9. The number of carbonyl (C=O) groups is 1. The van der Waals surface area contributed by atoms with Gasteiger partial charge >= 0.3 is 18.3 Å². The molecular formula is C21H22F6N2O3. The Balaban J connectivity index is 1.79. The monoisotopic (exact) mass is 464 g/mol. The van der Waals surface area contributed by atoms with E-state index in [9.17, 15) is 31.1 Å². The van der Waals surface area contributed by atoms with Crippen molar-refractivity contribution in [2.24, 2.45) is 0 Å². The Morgan fingerprint density at radius 2 is 1.41 bits per heavy atom. The van der Waals surface area contributed by atoms with Crippen LogP contribution in [0.5, 0.6) is 5.75 Å². The van der Waals surface area contributed by atoms with Gasteiger partial charge in [0.05, 0.1) is 30.1 Å². The molecule has 0 saturated heterocycles. The number of halogens is 6. The summed E-state index contributed by atoms with van der Waals surface area (Å²) in [4.78, 5) is 18.7. The standard InChI is InChI=1S/C21H22F6N2O3/c22-20(23,24)15-9-14(10-16(11-15)21(25,26)27)5-2-1-3-6-18-28-12-17(13-29-18)32-8-4-7-19(30)31/h9-13H,1-8H2,(H,30,31). The van der Waals surface area contributed by atoms with Crippen molar-refractivity contribution in [3.8, 4) is 5.75 Å². The molecule has 1 aromatic carbocycles. The van der Waals surface area contributed by atoms with Crippen LogP contribution in [0.1, 0.15) is 54.6 Å². The van der Waals surface area contributed by atoms with Crippen molar-refractivity contribution in [1.29, 1.82) is 0 Å². The fourth-order valence-electron chi connectivity index (χ4n) is 2.91. The van der Waals surface area contributed by atoms with Crippen molar-refractivity contribution in [1.82, 2.24) is 9.97 Å².